The minimum absolute atomic E-state index is 0.186. The van der Waals surface area contributed by atoms with E-state index in [0.29, 0.717) is 19.5 Å². The van der Waals surface area contributed by atoms with E-state index in [9.17, 15) is 0 Å². The third-order valence-corrected chi connectivity index (χ3v) is 1.71. The van der Waals surface area contributed by atoms with Crippen molar-refractivity contribution in [3.05, 3.63) is 11.9 Å². The number of nitrogens with zero attached hydrogens (tertiary/aromatic N) is 4. The van der Waals surface area contributed by atoms with Crippen LogP contribution < -0.4 is 5.43 Å². The van der Waals surface area contributed by atoms with Crippen molar-refractivity contribution in [1.29, 1.82) is 0 Å². The predicted octanol–water partition coefficient (Wildman–Crippen LogP) is -0.773. The summed E-state index contributed by atoms with van der Waals surface area (Å²) in [4.78, 5) is 0. The molecule has 0 saturated heterocycles. The van der Waals surface area contributed by atoms with Crippen molar-refractivity contribution in [1.82, 2.24) is 25.4 Å². The second kappa shape index (κ2) is 5.69. The van der Waals surface area contributed by atoms with Gasteiger partial charge >= 0.3 is 0 Å². The molecule has 0 spiro atoms. The van der Waals surface area contributed by atoms with Gasteiger partial charge in [0, 0.05) is 33.4 Å². The number of aromatic nitrogens is 3. The first-order valence-corrected chi connectivity index (χ1v) is 4.63. The summed E-state index contributed by atoms with van der Waals surface area (Å²) in [5, 5.41) is 18.4. The van der Waals surface area contributed by atoms with Crippen molar-refractivity contribution < 1.29 is 5.11 Å². The molecule has 2 N–H and O–H groups in total. The Hall–Kier alpha value is -0.980. The molecule has 1 aromatic heterocycles. The van der Waals surface area contributed by atoms with Crippen LogP contribution in [-0.2, 0) is 13.1 Å². The van der Waals surface area contributed by atoms with Crippen molar-refractivity contribution in [2.45, 2.75) is 19.5 Å². The Morgan fingerprint density at radius 1 is 1.57 bits per heavy atom. The largest absolute Gasteiger partial charge is 0.396 e. The predicted molar refractivity (Wildman–Crippen MR) is 52.3 cm³/mol. The van der Waals surface area contributed by atoms with E-state index < -0.39 is 0 Å². The fourth-order valence-electron chi connectivity index (χ4n) is 1.00. The van der Waals surface area contributed by atoms with E-state index >= 15 is 0 Å². The first-order chi connectivity index (χ1) is 6.72. The molecule has 0 aliphatic carbocycles. The van der Waals surface area contributed by atoms with E-state index in [4.69, 9.17) is 5.11 Å². The molecule has 0 unspecified atom stereocenters. The average molecular weight is 199 g/mol. The summed E-state index contributed by atoms with van der Waals surface area (Å²) in [7, 11) is 3.85. The molecule has 1 aromatic rings. The molecule has 0 amide bonds. The summed E-state index contributed by atoms with van der Waals surface area (Å²) in [6.07, 6.45) is 2.59. The van der Waals surface area contributed by atoms with Crippen molar-refractivity contribution >= 4 is 0 Å². The van der Waals surface area contributed by atoms with Crippen molar-refractivity contribution in [2.75, 3.05) is 20.7 Å². The molecule has 6 heteroatoms. The normalized spacial score (nSPS) is 11.1. The monoisotopic (exact) mass is 199 g/mol. The molecule has 1 rings (SSSR count). The zero-order chi connectivity index (χ0) is 10.4. The molecule has 0 atom stereocenters. The number of hydrazine groups is 1. The summed E-state index contributed by atoms with van der Waals surface area (Å²) >= 11 is 0. The van der Waals surface area contributed by atoms with Gasteiger partial charge in [-0.1, -0.05) is 5.21 Å². The van der Waals surface area contributed by atoms with Gasteiger partial charge in [-0.25, -0.2) is 5.43 Å². The number of aliphatic hydroxyl groups excluding tert-OH is 1. The van der Waals surface area contributed by atoms with Crippen molar-refractivity contribution in [3.8, 4) is 0 Å². The third-order valence-electron chi connectivity index (χ3n) is 1.71. The van der Waals surface area contributed by atoms with Gasteiger partial charge in [0.15, 0.2) is 0 Å². The molecular formula is C8H17N5O. The Morgan fingerprint density at radius 2 is 2.36 bits per heavy atom. The lowest BCUT2D eigenvalue weighted by molar-refractivity contribution is 0.276. The van der Waals surface area contributed by atoms with Crippen LogP contribution >= 0.6 is 0 Å². The minimum atomic E-state index is 0.186. The van der Waals surface area contributed by atoms with Crippen LogP contribution in [0.25, 0.3) is 0 Å². The Labute approximate surface area is 83.5 Å². The molecule has 6 nitrogen and oxygen atoms in total. The van der Waals surface area contributed by atoms with E-state index in [1.54, 1.807) is 4.68 Å². The Morgan fingerprint density at radius 3 is 3.00 bits per heavy atom. The third kappa shape index (κ3) is 3.82. The van der Waals surface area contributed by atoms with Gasteiger partial charge in [0.05, 0.1) is 12.2 Å². The second-order valence-electron chi connectivity index (χ2n) is 3.28. The Balaban J connectivity index is 2.35. The maximum absolute atomic E-state index is 8.63. The fraction of sp³-hybridized carbons (Fsp3) is 0.750. The highest BCUT2D eigenvalue weighted by molar-refractivity contribution is 4.90. The first kappa shape index (κ1) is 11.1. The smallest absolute Gasteiger partial charge is 0.0979 e. The summed E-state index contributed by atoms with van der Waals surface area (Å²) in [6.45, 7) is 1.57. The van der Waals surface area contributed by atoms with Crippen LogP contribution in [0, 0.1) is 0 Å². The van der Waals surface area contributed by atoms with Crippen LogP contribution in [0.2, 0.25) is 0 Å². The molecule has 0 aliphatic rings. The SMILES string of the molecule is CN(C)NCc1cn(CCCO)nn1. The first-order valence-electron chi connectivity index (χ1n) is 4.63. The van der Waals surface area contributed by atoms with E-state index in [0.717, 1.165) is 5.69 Å². The van der Waals surface area contributed by atoms with E-state index in [2.05, 4.69) is 15.7 Å². The highest BCUT2D eigenvalue weighted by Gasteiger charge is 1.99. The standard InChI is InChI=1S/C8H17N5O/c1-12(2)9-6-8-7-13(11-10-8)4-3-5-14/h7,9,14H,3-6H2,1-2H3. The number of aryl methyl sites for hydroxylation is 1. The maximum atomic E-state index is 8.63. The number of rotatable bonds is 6. The highest BCUT2D eigenvalue weighted by Crippen LogP contribution is 1.94. The molecule has 80 valence electrons. The highest BCUT2D eigenvalue weighted by atomic mass is 16.3. The number of nitrogens with one attached hydrogen (secondary N) is 1. The molecule has 0 radical (unpaired) electrons. The molecule has 1 heterocycles. The molecule has 0 fully saturated rings. The lowest BCUT2D eigenvalue weighted by atomic mass is 10.4. The van der Waals surface area contributed by atoms with Crippen molar-refractivity contribution in [3.63, 3.8) is 0 Å². The fourth-order valence-corrected chi connectivity index (χ4v) is 1.00. The van der Waals surface area contributed by atoms with Gasteiger partial charge in [0.2, 0.25) is 0 Å². The van der Waals surface area contributed by atoms with E-state index in [-0.39, 0.29) is 6.61 Å². The summed E-state index contributed by atoms with van der Waals surface area (Å²) in [5.74, 6) is 0. The van der Waals surface area contributed by atoms with Gasteiger partial charge in [-0.3, -0.25) is 9.69 Å². The molecule has 0 aliphatic heterocycles. The van der Waals surface area contributed by atoms with Crippen LogP contribution in [0.5, 0.6) is 0 Å². The second-order valence-corrected chi connectivity index (χ2v) is 3.28. The molecular weight excluding hydrogens is 182 g/mol. The summed E-state index contributed by atoms with van der Waals surface area (Å²) in [6, 6.07) is 0. The molecule has 0 saturated carbocycles. The van der Waals surface area contributed by atoms with Gasteiger partial charge in [0.1, 0.15) is 0 Å². The van der Waals surface area contributed by atoms with Gasteiger partial charge in [-0.05, 0) is 6.42 Å². The van der Waals surface area contributed by atoms with Crippen molar-refractivity contribution in [2.24, 2.45) is 0 Å². The number of hydrogen-bond acceptors (Lipinski definition) is 5. The zero-order valence-corrected chi connectivity index (χ0v) is 8.64. The van der Waals surface area contributed by atoms with Crippen LogP contribution in [-0.4, -0.2) is 45.8 Å². The average Bonchev–Trinajstić information content (AvgIpc) is 2.59. The van der Waals surface area contributed by atoms with Gasteiger partial charge in [-0.15, -0.1) is 5.10 Å². The maximum Gasteiger partial charge on any atom is 0.0979 e. The Bertz CT molecular complexity index is 260. The zero-order valence-electron chi connectivity index (χ0n) is 8.64. The summed E-state index contributed by atoms with van der Waals surface area (Å²) < 4.78 is 1.74. The lowest BCUT2D eigenvalue weighted by Crippen LogP contribution is -2.29. The van der Waals surface area contributed by atoms with Crippen LogP contribution in [0.3, 0.4) is 0 Å². The van der Waals surface area contributed by atoms with E-state index in [1.807, 2.05) is 25.3 Å². The van der Waals surface area contributed by atoms with Gasteiger partial charge in [0.25, 0.3) is 0 Å². The van der Waals surface area contributed by atoms with E-state index in [1.165, 1.54) is 0 Å². The number of hydrogen-bond donors (Lipinski definition) is 2. The molecule has 14 heavy (non-hydrogen) atoms. The van der Waals surface area contributed by atoms with Crippen LogP contribution in [0.1, 0.15) is 12.1 Å². The van der Waals surface area contributed by atoms with Crippen LogP contribution in [0.4, 0.5) is 0 Å². The van der Waals surface area contributed by atoms with Gasteiger partial charge in [-0.2, -0.15) is 0 Å². The number of aliphatic hydroxyl groups is 1. The lowest BCUT2D eigenvalue weighted by Gasteiger charge is -2.09. The molecule has 0 aromatic carbocycles. The quantitative estimate of drug-likeness (QED) is 0.589. The van der Waals surface area contributed by atoms with Crippen LogP contribution in [0.15, 0.2) is 6.20 Å². The van der Waals surface area contributed by atoms with Gasteiger partial charge < -0.3 is 5.11 Å². The topological polar surface area (TPSA) is 66.2 Å². The molecule has 0 bridgehead atoms. The Kier molecular flexibility index (Phi) is 4.51. The minimum Gasteiger partial charge on any atom is -0.396 e. The summed E-state index contributed by atoms with van der Waals surface area (Å²) in [5.41, 5.74) is 4.00.